The quantitative estimate of drug-likeness (QED) is 0.836. The molecule has 20 heavy (non-hydrogen) atoms. The molecule has 0 aliphatic carbocycles. The number of nitrogens with zero attached hydrogens (tertiary/aromatic N) is 2. The molecular weight excluding hydrogens is 254 g/mol. The van der Waals surface area contributed by atoms with Crippen molar-refractivity contribution in [2.24, 2.45) is 0 Å². The lowest BCUT2D eigenvalue weighted by atomic mass is 10.1. The van der Waals surface area contributed by atoms with E-state index in [0.717, 1.165) is 24.2 Å². The number of hydrogen-bond acceptors (Lipinski definition) is 4. The van der Waals surface area contributed by atoms with Crippen LogP contribution < -0.4 is 5.32 Å². The third-order valence-electron chi connectivity index (χ3n) is 3.83. The molecular formula is C15H21N3O2. The van der Waals surface area contributed by atoms with E-state index in [1.165, 1.54) is 4.90 Å². The van der Waals surface area contributed by atoms with E-state index in [-0.39, 0.29) is 24.3 Å². The summed E-state index contributed by atoms with van der Waals surface area (Å²) >= 11 is 0. The van der Waals surface area contributed by atoms with Crippen molar-refractivity contribution in [2.75, 3.05) is 5.32 Å². The molecule has 1 aliphatic rings. The fourth-order valence-electron chi connectivity index (χ4n) is 2.63. The topological polar surface area (TPSA) is 62.3 Å². The molecule has 1 unspecified atom stereocenters. The molecule has 1 aliphatic heterocycles. The predicted molar refractivity (Wildman–Crippen MR) is 77.2 cm³/mol. The lowest BCUT2D eigenvalue weighted by molar-refractivity contribution is -0.141. The Morgan fingerprint density at radius 2 is 2.10 bits per heavy atom. The second-order valence-corrected chi connectivity index (χ2v) is 5.11. The number of likely N-dealkylation sites (tertiary alicyclic amines) is 1. The molecule has 2 rings (SSSR count). The van der Waals surface area contributed by atoms with Crippen LogP contribution >= 0.6 is 0 Å². The van der Waals surface area contributed by atoms with Gasteiger partial charge in [-0.05, 0) is 31.9 Å². The largest absolute Gasteiger partial charge is 0.372 e. The standard InChI is InChI=1S/C15H21N3O2/c1-4-11(5-2)18-14(19)9-13(15(18)20)17-12-7-6-8-16-10(12)3/h6-8,11,13,17H,4-5,9H2,1-3H3. The number of nitrogens with one attached hydrogen (secondary N) is 1. The second-order valence-electron chi connectivity index (χ2n) is 5.11. The van der Waals surface area contributed by atoms with Crippen molar-refractivity contribution in [2.45, 2.75) is 52.1 Å². The number of hydrogen-bond donors (Lipinski definition) is 1. The first-order valence-corrected chi connectivity index (χ1v) is 7.12. The maximum atomic E-state index is 12.4. The highest BCUT2D eigenvalue weighted by Crippen LogP contribution is 2.23. The normalized spacial score (nSPS) is 19.0. The molecule has 1 atom stereocenters. The van der Waals surface area contributed by atoms with E-state index in [1.807, 2.05) is 32.9 Å². The summed E-state index contributed by atoms with van der Waals surface area (Å²) in [5, 5.41) is 3.15. The van der Waals surface area contributed by atoms with Crippen LogP contribution in [0.15, 0.2) is 18.3 Å². The zero-order valence-electron chi connectivity index (χ0n) is 12.2. The van der Waals surface area contributed by atoms with Crippen LogP contribution in [0.2, 0.25) is 0 Å². The summed E-state index contributed by atoms with van der Waals surface area (Å²) in [7, 11) is 0. The monoisotopic (exact) mass is 275 g/mol. The van der Waals surface area contributed by atoms with E-state index in [2.05, 4.69) is 10.3 Å². The number of aromatic nitrogens is 1. The molecule has 0 bridgehead atoms. The third kappa shape index (κ3) is 2.66. The fourth-order valence-corrected chi connectivity index (χ4v) is 2.63. The zero-order chi connectivity index (χ0) is 14.7. The highest BCUT2D eigenvalue weighted by molar-refractivity contribution is 6.07. The van der Waals surface area contributed by atoms with Crippen LogP contribution in [0.1, 0.15) is 38.8 Å². The summed E-state index contributed by atoms with van der Waals surface area (Å²) in [6, 6.07) is 3.23. The molecule has 2 heterocycles. The van der Waals surface area contributed by atoms with Crippen molar-refractivity contribution in [1.29, 1.82) is 0 Å². The first-order chi connectivity index (χ1) is 9.58. The van der Waals surface area contributed by atoms with Crippen molar-refractivity contribution < 1.29 is 9.59 Å². The zero-order valence-corrected chi connectivity index (χ0v) is 12.2. The molecule has 1 N–H and O–H groups in total. The summed E-state index contributed by atoms with van der Waals surface area (Å²) < 4.78 is 0. The average molecular weight is 275 g/mol. The van der Waals surface area contributed by atoms with Gasteiger partial charge in [-0.1, -0.05) is 13.8 Å². The van der Waals surface area contributed by atoms with Gasteiger partial charge < -0.3 is 5.32 Å². The van der Waals surface area contributed by atoms with Gasteiger partial charge in [0.25, 0.3) is 5.91 Å². The Morgan fingerprint density at radius 1 is 1.40 bits per heavy atom. The van der Waals surface area contributed by atoms with Crippen LogP contribution in [0, 0.1) is 6.92 Å². The van der Waals surface area contributed by atoms with Gasteiger partial charge in [-0.2, -0.15) is 0 Å². The number of carbonyl (C=O) groups is 2. The highest BCUT2D eigenvalue weighted by Gasteiger charge is 2.41. The third-order valence-corrected chi connectivity index (χ3v) is 3.83. The minimum atomic E-state index is -0.467. The van der Waals surface area contributed by atoms with E-state index in [4.69, 9.17) is 0 Å². The first kappa shape index (κ1) is 14.5. The predicted octanol–water partition coefficient (Wildman–Crippen LogP) is 2.12. The van der Waals surface area contributed by atoms with Crippen molar-refractivity contribution in [3.63, 3.8) is 0 Å². The van der Waals surface area contributed by atoms with Gasteiger partial charge in [0, 0.05) is 12.2 Å². The van der Waals surface area contributed by atoms with Gasteiger partial charge >= 0.3 is 0 Å². The summed E-state index contributed by atoms with van der Waals surface area (Å²) in [6.45, 7) is 5.88. The number of aryl methyl sites for hydroxylation is 1. The van der Waals surface area contributed by atoms with E-state index < -0.39 is 6.04 Å². The van der Waals surface area contributed by atoms with Gasteiger partial charge in [-0.15, -0.1) is 0 Å². The number of carbonyl (C=O) groups excluding carboxylic acids is 2. The van der Waals surface area contributed by atoms with Gasteiger partial charge in [0.15, 0.2) is 0 Å². The Morgan fingerprint density at radius 3 is 2.70 bits per heavy atom. The molecule has 0 aromatic carbocycles. The average Bonchev–Trinajstić information content (AvgIpc) is 2.71. The highest BCUT2D eigenvalue weighted by atomic mass is 16.2. The molecule has 5 nitrogen and oxygen atoms in total. The number of rotatable bonds is 5. The lowest BCUT2D eigenvalue weighted by Gasteiger charge is -2.24. The Hall–Kier alpha value is -1.91. The lowest BCUT2D eigenvalue weighted by Crippen LogP contribution is -2.41. The van der Waals surface area contributed by atoms with Crippen LogP contribution in [0.4, 0.5) is 5.69 Å². The fraction of sp³-hybridized carbons (Fsp3) is 0.533. The van der Waals surface area contributed by atoms with Gasteiger partial charge in [-0.25, -0.2) is 0 Å². The van der Waals surface area contributed by atoms with Crippen LogP contribution in [-0.2, 0) is 9.59 Å². The van der Waals surface area contributed by atoms with Crippen LogP contribution in [0.5, 0.6) is 0 Å². The van der Waals surface area contributed by atoms with Gasteiger partial charge in [0.2, 0.25) is 5.91 Å². The second kappa shape index (κ2) is 6.03. The summed E-state index contributed by atoms with van der Waals surface area (Å²) in [5.41, 5.74) is 1.64. The Bertz CT molecular complexity index is 512. The molecule has 108 valence electrons. The van der Waals surface area contributed by atoms with E-state index in [9.17, 15) is 9.59 Å². The molecule has 0 radical (unpaired) electrons. The summed E-state index contributed by atoms with van der Waals surface area (Å²) in [5.74, 6) is -0.199. The minimum Gasteiger partial charge on any atom is -0.372 e. The molecule has 2 amide bonds. The van der Waals surface area contributed by atoms with Crippen molar-refractivity contribution in [1.82, 2.24) is 9.88 Å². The van der Waals surface area contributed by atoms with Crippen LogP contribution in [0.3, 0.4) is 0 Å². The molecule has 5 heteroatoms. The minimum absolute atomic E-state index is 0.0109. The Labute approximate surface area is 119 Å². The van der Waals surface area contributed by atoms with Crippen LogP contribution in [0.25, 0.3) is 0 Å². The molecule has 1 saturated heterocycles. The van der Waals surface area contributed by atoms with E-state index in [1.54, 1.807) is 6.20 Å². The van der Waals surface area contributed by atoms with E-state index >= 15 is 0 Å². The number of anilines is 1. The van der Waals surface area contributed by atoms with Gasteiger partial charge in [-0.3, -0.25) is 19.5 Å². The number of pyridine rings is 1. The van der Waals surface area contributed by atoms with E-state index in [0.29, 0.717) is 0 Å². The molecule has 0 saturated carbocycles. The maximum absolute atomic E-state index is 12.4. The van der Waals surface area contributed by atoms with Crippen molar-refractivity contribution in [3.05, 3.63) is 24.0 Å². The maximum Gasteiger partial charge on any atom is 0.252 e. The molecule has 1 fully saturated rings. The number of amides is 2. The number of imide groups is 1. The van der Waals surface area contributed by atoms with Crippen LogP contribution in [-0.4, -0.2) is 33.8 Å². The summed E-state index contributed by atoms with van der Waals surface area (Å²) in [6.07, 6.45) is 3.53. The SMILES string of the molecule is CCC(CC)N1C(=O)CC(Nc2cccnc2C)C1=O. The van der Waals surface area contributed by atoms with Crippen molar-refractivity contribution >= 4 is 17.5 Å². The Balaban J connectivity index is 2.14. The molecule has 1 aromatic heterocycles. The van der Waals surface area contributed by atoms with Gasteiger partial charge in [0.1, 0.15) is 6.04 Å². The van der Waals surface area contributed by atoms with Gasteiger partial charge in [0.05, 0.1) is 17.8 Å². The van der Waals surface area contributed by atoms with Crippen molar-refractivity contribution in [3.8, 4) is 0 Å². The molecule has 1 aromatic rings. The first-order valence-electron chi connectivity index (χ1n) is 7.12. The smallest absolute Gasteiger partial charge is 0.252 e. The molecule has 0 spiro atoms. The Kier molecular flexibility index (Phi) is 4.37. The summed E-state index contributed by atoms with van der Waals surface area (Å²) in [4.78, 5) is 30.1.